The predicted octanol–water partition coefficient (Wildman–Crippen LogP) is 5.27. The molecule has 1 fully saturated rings. The second-order valence-electron chi connectivity index (χ2n) is 8.83. The second-order valence-corrected chi connectivity index (χ2v) is 8.83. The van der Waals surface area contributed by atoms with Gasteiger partial charge in [-0.2, -0.15) is 13.2 Å². The number of carbonyl (C=O) groups excluding carboxylic acids is 1. The number of piperidine rings is 1. The fourth-order valence-electron chi connectivity index (χ4n) is 4.49. The summed E-state index contributed by atoms with van der Waals surface area (Å²) in [4.78, 5) is 31.7. The largest absolute Gasteiger partial charge is 0.419 e. The molecule has 0 N–H and O–H groups in total. The zero-order valence-corrected chi connectivity index (χ0v) is 19.4. The van der Waals surface area contributed by atoms with Crippen LogP contribution in [0, 0.1) is 18.7 Å². The Hall–Kier alpha value is -3.43. The van der Waals surface area contributed by atoms with Crippen molar-refractivity contribution in [3.8, 4) is 11.4 Å². The molecule has 0 spiro atoms. The minimum atomic E-state index is -4.49. The highest BCUT2D eigenvalue weighted by molar-refractivity contribution is 6.00. The van der Waals surface area contributed by atoms with Crippen LogP contribution in [0.1, 0.15) is 53.5 Å². The number of hydrogen-bond donors (Lipinski definition) is 0. The molecule has 0 bridgehead atoms. The van der Waals surface area contributed by atoms with Crippen molar-refractivity contribution >= 4 is 5.91 Å². The number of aryl methyl sites for hydroxylation is 2. The summed E-state index contributed by atoms with van der Waals surface area (Å²) in [6.07, 6.45) is 2.69. The molecule has 2 aromatic heterocycles. The van der Waals surface area contributed by atoms with Crippen molar-refractivity contribution in [2.24, 2.45) is 5.92 Å². The number of hydrogen-bond acceptors (Lipinski definition) is 5. The van der Waals surface area contributed by atoms with Gasteiger partial charge in [0.2, 0.25) is 0 Å². The van der Waals surface area contributed by atoms with E-state index in [1.807, 2.05) is 0 Å². The standard InChI is InChI=1S/C25H25F4N5O/c1-15-5-3-10-34(21(15)6-7-22-32-13-17(14-33-22)25(27,28)29)24(35)19-11-16(2)20(26)12-18(19)23-30-8-4-9-31-23/h4,8-9,11-15,21H,3,5-7,10H2,1-2H3/t15-,21-/m1/s1. The molecule has 1 aromatic carbocycles. The SMILES string of the molecule is Cc1cc(C(=O)N2CCC[C@@H](C)[C@H]2CCc2ncc(C(F)(F)F)cn2)c(-c2ncccn2)cc1F. The highest BCUT2D eigenvalue weighted by Gasteiger charge is 2.34. The van der Waals surface area contributed by atoms with Crippen molar-refractivity contribution in [1.82, 2.24) is 24.8 Å². The normalized spacial score (nSPS) is 18.5. The average Bonchev–Trinajstić information content (AvgIpc) is 2.84. The smallest absolute Gasteiger partial charge is 0.335 e. The molecule has 1 saturated heterocycles. The Balaban J connectivity index is 1.60. The van der Waals surface area contributed by atoms with Crippen LogP contribution in [0.5, 0.6) is 0 Å². The third-order valence-corrected chi connectivity index (χ3v) is 6.41. The van der Waals surface area contributed by atoms with Crippen molar-refractivity contribution in [3.63, 3.8) is 0 Å². The number of carbonyl (C=O) groups is 1. The van der Waals surface area contributed by atoms with Crippen LogP contribution in [0.3, 0.4) is 0 Å². The third-order valence-electron chi connectivity index (χ3n) is 6.41. The molecule has 3 heterocycles. The molecule has 4 rings (SSSR count). The molecule has 10 heteroatoms. The highest BCUT2D eigenvalue weighted by Crippen LogP contribution is 2.32. The number of alkyl halides is 3. The predicted molar refractivity (Wildman–Crippen MR) is 121 cm³/mol. The molecule has 0 radical (unpaired) electrons. The van der Waals surface area contributed by atoms with Gasteiger partial charge < -0.3 is 4.90 Å². The average molecular weight is 488 g/mol. The number of halogens is 4. The van der Waals surface area contributed by atoms with Crippen LogP contribution < -0.4 is 0 Å². The van der Waals surface area contributed by atoms with Gasteiger partial charge in [-0.25, -0.2) is 24.3 Å². The Kier molecular flexibility index (Phi) is 7.09. The number of nitrogens with zero attached hydrogens (tertiary/aromatic N) is 5. The van der Waals surface area contributed by atoms with E-state index in [0.29, 0.717) is 41.9 Å². The Morgan fingerprint density at radius 3 is 2.46 bits per heavy atom. The number of likely N-dealkylation sites (tertiary alicyclic amines) is 1. The fourth-order valence-corrected chi connectivity index (χ4v) is 4.49. The Bertz CT molecular complexity index is 1180. The van der Waals surface area contributed by atoms with E-state index >= 15 is 0 Å². The van der Waals surface area contributed by atoms with Crippen LogP contribution >= 0.6 is 0 Å². The van der Waals surface area contributed by atoms with Gasteiger partial charge in [0.15, 0.2) is 5.82 Å². The van der Waals surface area contributed by atoms with Gasteiger partial charge in [0.1, 0.15) is 11.6 Å². The van der Waals surface area contributed by atoms with Gasteiger partial charge in [-0.15, -0.1) is 0 Å². The van der Waals surface area contributed by atoms with Gasteiger partial charge in [-0.05, 0) is 55.9 Å². The maximum absolute atomic E-state index is 14.4. The number of benzene rings is 1. The van der Waals surface area contributed by atoms with E-state index in [1.54, 1.807) is 17.9 Å². The zero-order chi connectivity index (χ0) is 25.2. The Labute approximate surface area is 200 Å². The van der Waals surface area contributed by atoms with Crippen LogP contribution in [-0.4, -0.2) is 43.3 Å². The summed E-state index contributed by atoms with van der Waals surface area (Å²) >= 11 is 0. The topological polar surface area (TPSA) is 71.9 Å². The minimum absolute atomic E-state index is 0.167. The summed E-state index contributed by atoms with van der Waals surface area (Å²) in [7, 11) is 0. The summed E-state index contributed by atoms with van der Waals surface area (Å²) < 4.78 is 52.8. The number of rotatable bonds is 5. The Morgan fingerprint density at radius 1 is 1.11 bits per heavy atom. The summed E-state index contributed by atoms with van der Waals surface area (Å²) in [5.74, 6) is 0.0151. The molecule has 6 nitrogen and oxygen atoms in total. The summed E-state index contributed by atoms with van der Waals surface area (Å²) in [5.41, 5.74) is 0.0842. The quantitative estimate of drug-likeness (QED) is 0.459. The van der Waals surface area contributed by atoms with E-state index in [2.05, 4.69) is 26.9 Å². The second kappa shape index (κ2) is 10.1. The molecule has 1 amide bonds. The van der Waals surface area contributed by atoms with Gasteiger partial charge in [0, 0.05) is 49.4 Å². The van der Waals surface area contributed by atoms with E-state index in [4.69, 9.17) is 0 Å². The van der Waals surface area contributed by atoms with Crippen molar-refractivity contribution in [1.29, 1.82) is 0 Å². The lowest BCUT2D eigenvalue weighted by Crippen LogP contribution is -2.48. The van der Waals surface area contributed by atoms with Crippen molar-refractivity contribution in [2.45, 2.75) is 51.7 Å². The first-order valence-corrected chi connectivity index (χ1v) is 11.4. The van der Waals surface area contributed by atoms with Gasteiger partial charge in [0.25, 0.3) is 5.91 Å². The molecule has 2 atom stereocenters. The minimum Gasteiger partial charge on any atom is -0.335 e. The molecule has 0 unspecified atom stereocenters. The van der Waals surface area contributed by atoms with Crippen LogP contribution in [0.4, 0.5) is 17.6 Å². The van der Waals surface area contributed by atoms with Crippen molar-refractivity contribution < 1.29 is 22.4 Å². The first-order valence-electron chi connectivity index (χ1n) is 11.4. The van der Waals surface area contributed by atoms with Gasteiger partial charge in [0.05, 0.1) is 11.1 Å². The van der Waals surface area contributed by atoms with E-state index in [9.17, 15) is 22.4 Å². The van der Waals surface area contributed by atoms with Crippen LogP contribution in [0.15, 0.2) is 43.0 Å². The lowest BCUT2D eigenvalue weighted by Gasteiger charge is -2.40. The van der Waals surface area contributed by atoms with E-state index < -0.39 is 17.6 Å². The van der Waals surface area contributed by atoms with E-state index in [1.165, 1.54) is 24.5 Å². The molecule has 184 valence electrons. The molecule has 0 saturated carbocycles. The first kappa shape index (κ1) is 24.7. The van der Waals surface area contributed by atoms with Gasteiger partial charge >= 0.3 is 6.18 Å². The highest BCUT2D eigenvalue weighted by atomic mass is 19.4. The number of amides is 1. The lowest BCUT2D eigenvalue weighted by molar-refractivity contribution is -0.138. The van der Waals surface area contributed by atoms with Crippen LogP contribution in [0.25, 0.3) is 11.4 Å². The zero-order valence-electron chi connectivity index (χ0n) is 19.4. The molecule has 35 heavy (non-hydrogen) atoms. The van der Waals surface area contributed by atoms with Gasteiger partial charge in [-0.1, -0.05) is 6.92 Å². The van der Waals surface area contributed by atoms with Crippen molar-refractivity contribution in [3.05, 3.63) is 71.3 Å². The maximum Gasteiger partial charge on any atom is 0.419 e. The molecule has 0 aliphatic carbocycles. The molecule has 1 aliphatic heterocycles. The molecule has 3 aromatic rings. The summed E-state index contributed by atoms with van der Waals surface area (Å²) in [6.45, 7) is 4.17. The molecule has 1 aliphatic rings. The first-order chi connectivity index (χ1) is 16.6. The maximum atomic E-state index is 14.4. The van der Waals surface area contributed by atoms with Crippen LogP contribution in [0.2, 0.25) is 0 Å². The Morgan fingerprint density at radius 2 is 1.80 bits per heavy atom. The van der Waals surface area contributed by atoms with Crippen LogP contribution in [-0.2, 0) is 12.6 Å². The lowest BCUT2D eigenvalue weighted by atomic mass is 9.86. The van der Waals surface area contributed by atoms with Gasteiger partial charge in [-0.3, -0.25) is 4.79 Å². The van der Waals surface area contributed by atoms with E-state index in [-0.39, 0.29) is 23.7 Å². The molecular formula is C25H25F4N5O. The summed E-state index contributed by atoms with van der Waals surface area (Å²) in [6, 6.07) is 4.29. The monoisotopic (exact) mass is 487 g/mol. The molecular weight excluding hydrogens is 462 g/mol. The fraction of sp³-hybridized carbons (Fsp3) is 0.400. The summed E-state index contributed by atoms with van der Waals surface area (Å²) in [5, 5.41) is 0. The third kappa shape index (κ3) is 5.47. The van der Waals surface area contributed by atoms with E-state index in [0.717, 1.165) is 25.2 Å². The number of aromatic nitrogens is 4. The van der Waals surface area contributed by atoms with Crippen molar-refractivity contribution in [2.75, 3.05) is 6.54 Å².